The summed E-state index contributed by atoms with van der Waals surface area (Å²) in [5.41, 5.74) is 0. The molecular formula is C17H37IN4. The van der Waals surface area contributed by atoms with E-state index < -0.39 is 0 Å². The molecule has 0 bridgehead atoms. The summed E-state index contributed by atoms with van der Waals surface area (Å²) >= 11 is 0. The van der Waals surface area contributed by atoms with Crippen LogP contribution in [0.4, 0.5) is 0 Å². The molecule has 1 heterocycles. The first kappa shape index (κ1) is 22.0. The smallest absolute Gasteiger partial charge is 0.191 e. The third-order valence-corrected chi connectivity index (χ3v) is 4.17. The third-order valence-electron chi connectivity index (χ3n) is 4.17. The van der Waals surface area contributed by atoms with Crippen molar-refractivity contribution in [1.82, 2.24) is 15.5 Å². The van der Waals surface area contributed by atoms with Crippen LogP contribution in [-0.2, 0) is 0 Å². The van der Waals surface area contributed by atoms with Crippen LogP contribution in [0.5, 0.6) is 0 Å². The fourth-order valence-electron chi connectivity index (χ4n) is 2.85. The van der Waals surface area contributed by atoms with Crippen LogP contribution in [0.25, 0.3) is 0 Å². The summed E-state index contributed by atoms with van der Waals surface area (Å²) in [6, 6.07) is 0.494. The quantitative estimate of drug-likeness (QED) is 0.258. The highest BCUT2D eigenvalue weighted by molar-refractivity contribution is 14.0. The Kier molecular flexibility index (Phi) is 13.4. The maximum absolute atomic E-state index is 4.32. The summed E-state index contributed by atoms with van der Waals surface area (Å²) in [5, 5.41) is 6.93. The first-order valence-corrected chi connectivity index (χ1v) is 8.81. The van der Waals surface area contributed by atoms with Gasteiger partial charge in [0, 0.05) is 19.6 Å². The van der Waals surface area contributed by atoms with E-state index in [4.69, 9.17) is 0 Å². The Morgan fingerprint density at radius 2 is 1.77 bits per heavy atom. The highest BCUT2D eigenvalue weighted by atomic mass is 127. The Hall–Kier alpha value is -0.0400. The van der Waals surface area contributed by atoms with Gasteiger partial charge in [0.1, 0.15) is 0 Å². The van der Waals surface area contributed by atoms with Crippen molar-refractivity contribution >= 4 is 29.9 Å². The standard InChI is InChI=1S/C17H36N4.HI/c1-15(2)9-7-10-16(3)20-17(18-4)19-11-8-14-21-12-5-6-13-21;/h15-16H,5-14H2,1-4H3,(H2,18,19,20);1H. The predicted octanol–water partition coefficient (Wildman–Crippen LogP) is 3.47. The minimum atomic E-state index is 0. The maximum Gasteiger partial charge on any atom is 0.191 e. The molecule has 0 radical (unpaired) electrons. The number of guanidine groups is 1. The number of likely N-dealkylation sites (tertiary alicyclic amines) is 1. The second kappa shape index (κ2) is 13.4. The second-order valence-electron chi connectivity index (χ2n) is 6.77. The fraction of sp³-hybridized carbons (Fsp3) is 0.941. The Bertz CT molecular complexity index is 288. The van der Waals surface area contributed by atoms with Crippen LogP contribution in [0.1, 0.15) is 59.3 Å². The van der Waals surface area contributed by atoms with Crippen molar-refractivity contribution in [2.45, 2.75) is 65.3 Å². The zero-order valence-corrected chi connectivity index (χ0v) is 17.4. The molecule has 1 rings (SSSR count). The van der Waals surface area contributed by atoms with Crippen LogP contribution in [0.3, 0.4) is 0 Å². The summed E-state index contributed by atoms with van der Waals surface area (Å²) in [7, 11) is 1.86. The van der Waals surface area contributed by atoms with Crippen LogP contribution in [0, 0.1) is 5.92 Å². The lowest BCUT2D eigenvalue weighted by molar-refractivity contribution is 0.334. The lowest BCUT2D eigenvalue weighted by Gasteiger charge is -2.19. The van der Waals surface area contributed by atoms with E-state index in [9.17, 15) is 0 Å². The molecule has 1 fully saturated rings. The van der Waals surface area contributed by atoms with Gasteiger partial charge < -0.3 is 15.5 Å². The largest absolute Gasteiger partial charge is 0.356 e. The molecule has 1 atom stereocenters. The molecule has 0 aliphatic carbocycles. The molecule has 0 spiro atoms. The van der Waals surface area contributed by atoms with Gasteiger partial charge in [-0.05, 0) is 58.2 Å². The summed E-state index contributed by atoms with van der Waals surface area (Å²) in [4.78, 5) is 6.88. The molecule has 5 heteroatoms. The van der Waals surface area contributed by atoms with Crippen LogP contribution >= 0.6 is 24.0 Å². The molecule has 1 aliphatic heterocycles. The first-order valence-electron chi connectivity index (χ1n) is 8.81. The molecule has 0 saturated carbocycles. The first-order chi connectivity index (χ1) is 10.1. The zero-order valence-electron chi connectivity index (χ0n) is 15.0. The fourth-order valence-corrected chi connectivity index (χ4v) is 2.85. The monoisotopic (exact) mass is 424 g/mol. The van der Waals surface area contributed by atoms with Crippen molar-refractivity contribution in [3.63, 3.8) is 0 Å². The summed E-state index contributed by atoms with van der Waals surface area (Å²) in [6.07, 6.45) is 7.77. The van der Waals surface area contributed by atoms with E-state index in [2.05, 4.69) is 41.3 Å². The Morgan fingerprint density at radius 3 is 2.36 bits per heavy atom. The minimum absolute atomic E-state index is 0. The highest BCUT2D eigenvalue weighted by Crippen LogP contribution is 2.08. The number of rotatable bonds is 9. The molecular weight excluding hydrogens is 387 g/mol. The Morgan fingerprint density at radius 1 is 1.09 bits per heavy atom. The summed E-state index contributed by atoms with van der Waals surface area (Å²) in [6.45, 7) is 11.6. The van der Waals surface area contributed by atoms with Gasteiger partial charge in [0.2, 0.25) is 0 Å². The molecule has 2 N–H and O–H groups in total. The van der Waals surface area contributed by atoms with E-state index in [0.29, 0.717) is 6.04 Å². The molecule has 132 valence electrons. The number of aliphatic imine (C=N–C) groups is 1. The van der Waals surface area contributed by atoms with Gasteiger partial charge in [0.15, 0.2) is 5.96 Å². The number of nitrogens with one attached hydrogen (secondary N) is 2. The summed E-state index contributed by atoms with van der Waals surface area (Å²) < 4.78 is 0. The average Bonchev–Trinajstić information content (AvgIpc) is 2.95. The number of nitrogens with zero attached hydrogens (tertiary/aromatic N) is 2. The van der Waals surface area contributed by atoms with E-state index >= 15 is 0 Å². The predicted molar refractivity (Wildman–Crippen MR) is 108 cm³/mol. The van der Waals surface area contributed by atoms with Gasteiger partial charge in [-0.2, -0.15) is 0 Å². The lowest BCUT2D eigenvalue weighted by atomic mass is 10.0. The normalized spacial score (nSPS) is 17.4. The van der Waals surface area contributed by atoms with Gasteiger partial charge in [-0.15, -0.1) is 24.0 Å². The zero-order chi connectivity index (χ0) is 15.5. The van der Waals surface area contributed by atoms with Crippen molar-refractivity contribution in [1.29, 1.82) is 0 Å². The topological polar surface area (TPSA) is 39.7 Å². The van der Waals surface area contributed by atoms with Crippen LogP contribution < -0.4 is 10.6 Å². The molecule has 1 saturated heterocycles. The molecule has 0 aromatic carbocycles. The Labute approximate surface area is 154 Å². The van der Waals surface area contributed by atoms with Gasteiger partial charge in [-0.3, -0.25) is 4.99 Å². The second-order valence-corrected chi connectivity index (χ2v) is 6.77. The average molecular weight is 424 g/mol. The van der Waals surface area contributed by atoms with Crippen LogP contribution in [0.15, 0.2) is 4.99 Å². The molecule has 0 aromatic heterocycles. The van der Waals surface area contributed by atoms with Gasteiger partial charge in [0.05, 0.1) is 0 Å². The van der Waals surface area contributed by atoms with Crippen LogP contribution in [0.2, 0.25) is 0 Å². The van der Waals surface area contributed by atoms with Gasteiger partial charge >= 0.3 is 0 Å². The molecule has 0 aromatic rings. The van der Waals surface area contributed by atoms with Gasteiger partial charge in [-0.25, -0.2) is 0 Å². The van der Waals surface area contributed by atoms with Crippen molar-refractivity contribution in [3.05, 3.63) is 0 Å². The SMILES string of the molecule is CN=C(NCCCN1CCCC1)NC(C)CCCC(C)C.I. The minimum Gasteiger partial charge on any atom is -0.356 e. The van der Waals surface area contributed by atoms with E-state index in [1.807, 2.05) is 7.05 Å². The number of hydrogen-bond acceptors (Lipinski definition) is 2. The van der Waals surface area contributed by atoms with E-state index in [0.717, 1.165) is 18.4 Å². The van der Waals surface area contributed by atoms with Gasteiger partial charge in [-0.1, -0.05) is 26.7 Å². The van der Waals surface area contributed by atoms with E-state index in [-0.39, 0.29) is 24.0 Å². The molecule has 1 unspecified atom stereocenters. The van der Waals surface area contributed by atoms with Crippen molar-refractivity contribution in [3.8, 4) is 0 Å². The van der Waals surface area contributed by atoms with Crippen molar-refractivity contribution in [2.75, 3.05) is 33.2 Å². The number of hydrogen-bond donors (Lipinski definition) is 2. The highest BCUT2D eigenvalue weighted by Gasteiger charge is 2.10. The van der Waals surface area contributed by atoms with Crippen LogP contribution in [-0.4, -0.2) is 50.1 Å². The van der Waals surface area contributed by atoms with Crippen molar-refractivity contribution < 1.29 is 0 Å². The van der Waals surface area contributed by atoms with E-state index in [1.165, 1.54) is 58.2 Å². The molecule has 1 aliphatic rings. The van der Waals surface area contributed by atoms with Crippen molar-refractivity contribution in [2.24, 2.45) is 10.9 Å². The summed E-state index contributed by atoms with van der Waals surface area (Å²) in [5.74, 6) is 1.76. The molecule has 22 heavy (non-hydrogen) atoms. The van der Waals surface area contributed by atoms with E-state index in [1.54, 1.807) is 0 Å². The third kappa shape index (κ3) is 10.6. The maximum atomic E-state index is 4.32. The Balaban J connectivity index is 0.00000441. The van der Waals surface area contributed by atoms with Gasteiger partial charge in [0.25, 0.3) is 0 Å². The molecule has 0 amide bonds. The molecule has 4 nitrogen and oxygen atoms in total. The lowest BCUT2D eigenvalue weighted by Crippen LogP contribution is -2.43. The number of halogens is 1.